The fraction of sp³-hybridized carbons (Fsp3) is 0.583. The van der Waals surface area contributed by atoms with Crippen LogP contribution >= 0.6 is 0 Å². The molecule has 0 amide bonds. The standard InChI is InChI=1S/C12H19N5/c1-12(2,9-17(3)4)8-15-11-14-6-5-10(7-13)16-11/h5-6H,8-9H2,1-4H3,(H,14,15,16). The molecule has 1 aromatic rings. The van der Waals surface area contributed by atoms with Gasteiger partial charge in [0, 0.05) is 19.3 Å². The molecule has 1 aromatic heterocycles. The van der Waals surface area contributed by atoms with E-state index in [2.05, 4.69) is 48.1 Å². The third-order valence-electron chi connectivity index (χ3n) is 2.24. The molecule has 92 valence electrons. The summed E-state index contributed by atoms with van der Waals surface area (Å²) in [4.78, 5) is 10.3. The van der Waals surface area contributed by atoms with Crippen LogP contribution in [0.3, 0.4) is 0 Å². The van der Waals surface area contributed by atoms with Gasteiger partial charge in [0.1, 0.15) is 11.8 Å². The molecule has 0 unspecified atom stereocenters. The second kappa shape index (κ2) is 5.60. The Balaban J connectivity index is 2.58. The van der Waals surface area contributed by atoms with Crippen LogP contribution in [-0.2, 0) is 0 Å². The minimum absolute atomic E-state index is 0.121. The summed E-state index contributed by atoms with van der Waals surface area (Å²) >= 11 is 0. The van der Waals surface area contributed by atoms with E-state index < -0.39 is 0 Å². The molecule has 1 heterocycles. The van der Waals surface area contributed by atoms with Crippen molar-refractivity contribution >= 4 is 5.95 Å². The number of hydrogen-bond acceptors (Lipinski definition) is 5. The van der Waals surface area contributed by atoms with Crippen LogP contribution in [0.25, 0.3) is 0 Å². The van der Waals surface area contributed by atoms with E-state index in [1.165, 1.54) is 0 Å². The molecule has 5 heteroatoms. The van der Waals surface area contributed by atoms with Gasteiger partial charge in [0.2, 0.25) is 5.95 Å². The van der Waals surface area contributed by atoms with Gasteiger partial charge in [0.25, 0.3) is 0 Å². The maximum atomic E-state index is 8.73. The predicted molar refractivity (Wildman–Crippen MR) is 67.6 cm³/mol. The highest BCUT2D eigenvalue weighted by atomic mass is 15.1. The molecule has 17 heavy (non-hydrogen) atoms. The summed E-state index contributed by atoms with van der Waals surface area (Å²) in [6.07, 6.45) is 1.59. The molecule has 0 aliphatic rings. The summed E-state index contributed by atoms with van der Waals surface area (Å²) < 4.78 is 0. The normalized spacial score (nSPS) is 11.3. The number of rotatable bonds is 5. The first kappa shape index (κ1) is 13.4. The van der Waals surface area contributed by atoms with Crippen molar-refractivity contribution in [1.82, 2.24) is 14.9 Å². The molecular formula is C12H19N5. The molecule has 0 saturated heterocycles. The van der Waals surface area contributed by atoms with Gasteiger partial charge < -0.3 is 10.2 Å². The highest BCUT2D eigenvalue weighted by molar-refractivity contribution is 5.30. The molecule has 0 radical (unpaired) electrons. The first-order chi connectivity index (χ1) is 7.93. The zero-order valence-electron chi connectivity index (χ0n) is 10.9. The minimum Gasteiger partial charge on any atom is -0.354 e. The average Bonchev–Trinajstić information content (AvgIpc) is 2.25. The number of hydrogen-bond donors (Lipinski definition) is 1. The maximum absolute atomic E-state index is 8.73. The molecule has 0 saturated carbocycles. The number of nitriles is 1. The zero-order valence-corrected chi connectivity index (χ0v) is 10.9. The Morgan fingerprint density at radius 1 is 1.47 bits per heavy atom. The van der Waals surface area contributed by atoms with Crippen molar-refractivity contribution in [2.75, 3.05) is 32.5 Å². The lowest BCUT2D eigenvalue weighted by Crippen LogP contribution is -2.34. The fourth-order valence-electron chi connectivity index (χ4n) is 1.74. The molecule has 0 aliphatic heterocycles. The molecule has 1 rings (SSSR count). The molecule has 0 bridgehead atoms. The van der Waals surface area contributed by atoms with Gasteiger partial charge in [0.15, 0.2) is 0 Å². The van der Waals surface area contributed by atoms with Gasteiger partial charge >= 0.3 is 0 Å². The van der Waals surface area contributed by atoms with Crippen molar-refractivity contribution in [3.8, 4) is 6.07 Å². The monoisotopic (exact) mass is 233 g/mol. The predicted octanol–water partition coefficient (Wildman–Crippen LogP) is 1.35. The van der Waals surface area contributed by atoms with E-state index >= 15 is 0 Å². The van der Waals surface area contributed by atoms with Crippen LogP contribution in [0.15, 0.2) is 12.3 Å². The van der Waals surface area contributed by atoms with E-state index in [4.69, 9.17) is 5.26 Å². The molecule has 1 N–H and O–H groups in total. The third kappa shape index (κ3) is 4.79. The highest BCUT2D eigenvalue weighted by Crippen LogP contribution is 2.16. The van der Waals surface area contributed by atoms with Gasteiger partial charge in [-0.15, -0.1) is 0 Å². The second-order valence-corrected chi connectivity index (χ2v) is 5.13. The second-order valence-electron chi connectivity index (χ2n) is 5.13. The van der Waals surface area contributed by atoms with Crippen LogP contribution in [0, 0.1) is 16.7 Å². The van der Waals surface area contributed by atoms with Gasteiger partial charge in [-0.1, -0.05) is 13.8 Å². The molecule has 0 aromatic carbocycles. The highest BCUT2D eigenvalue weighted by Gasteiger charge is 2.18. The molecule has 0 fully saturated rings. The quantitative estimate of drug-likeness (QED) is 0.831. The largest absolute Gasteiger partial charge is 0.354 e. The molecule has 5 nitrogen and oxygen atoms in total. The van der Waals surface area contributed by atoms with Gasteiger partial charge in [-0.25, -0.2) is 9.97 Å². The fourth-order valence-corrected chi connectivity index (χ4v) is 1.74. The lowest BCUT2D eigenvalue weighted by atomic mass is 9.93. The Hall–Kier alpha value is -1.67. The summed E-state index contributed by atoms with van der Waals surface area (Å²) in [5.74, 6) is 0.510. The van der Waals surface area contributed by atoms with Crippen LogP contribution in [0.1, 0.15) is 19.5 Å². The first-order valence-corrected chi connectivity index (χ1v) is 5.55. The Kier molecular flexibility index (Phi) is 4.41. The Labute approximate surface area is 102 Å². The van der Waals surface area contributed by atoms with Crippen molar-refractivity contribution in [3.63, 3.8) is 0 Å². The summed E-state index contributed by atoms with van der Waals surface area (Å²) in [5.41, 5.74) is 0.503. The van der Waals surface area contributed by atoms with Gasteiger partial charge in [-0.3, -0.25) is 0 Å². The zero-order chi connectivity index (χ0) is 12.9. The van der Waals surface area contributed by atoms with E-state index in [-0.39, 0.29) is 5.41 Å². The molecular weight excluding hydrogens is 214 g/mol. The molecule has 0 aliphatic carbocycles. The van der Waals surface area contributed by atoms with Crippen molar-refractivity contribution in [2.24, 2.45) is 5.41 Å². The first-order valence-electron chi connectivity index (χ1n) is 5.55. The lowest BCUT2D eigenvalue weighted by molar-refractivity contribution is 0.254. The third-order valence-corrected chi connectivity index (χ3v) is 2.24. The van der Waals surface area contributed by atoms with Crippen LogP contribution < -0.4 is 5.32 Å². The summed E-state index contributed by atoms with van der Waals surface area (Å²) in [7, 11) is 4.10. The Morgan fingerprint density at radius 2 is 2.18 bits per heavy atom. The summed E-state index contributed by atoms with van der Waals surface area (Å²) in [6, 6.07) is 3.59. The van der Waals surface area contributed by atoms with E-state index in [1.807, 2.05) is 6.07 Å². The topological polar surface area (TPSA) is 64.8 Å². The maximum Gasteiger partial charge on any atom is 0.223 e. The van der Waals surface area contributed by atoms with Crippen molar-refractivity contribution < 1.29 is 0 Å². The SMILES string of the molecule is CN(C)CC(C)(C)CNc1nccc(C#N)n1. The van der Waals surface area contributed by atoms with Gasteiger partial charge in [-0.2, -0.15) is 5.26 Å². The Bertz CT molecular complexity index is 406. The van der Waals surface area contributed by atoms with Crippen LogP contribution in [0.4, 0.5) is 5.95 Å². The lowest BCUT2D eigenvalue weighted by Gasteiger charge is -2.28. The molecule has 0 atom stereocenters. The van der Waals surface area contributed by atoms with Gasteiger partial charge in [0.05, 0.1) is 0 Å². The average molecular weight is 233 g/mol. The van der Waals surface area contributed by atoms with Crippen molar-refractivity contribution in [2.45, 2.75) is 13.8 Å². The van der Waals surface area contributed by atoms with E-state index in [9.17, 15) is 0 Å². The van der Waals surface area contributed by atoms with Crippen molar-refractivity contribution in [1.29, 1.82) is 5.26 Å². The van der Waals surface area contributed by atoms with E-state index in [0.717, 1.165) is 13.1 Å². The van der Waals surface area contributed by atoms with Crippen molar-refractivity contribution in [3.05, 3.63) is 18.0 Å². The minimum atomic E-state index is 0.121. The Morgan fingerprint density at radius 3 is 2.76 bits per heavy atom. The number of anilines is 1. The van der Waals surface area contributed by atoms with E-state index in [1.54, 1.807) is 12.3 Å². The number of aromatic nitrogens is 2. The van der Waals surface area contributed by atoms with Gasteiger partial charge in [-0.05, 0) is 25.6 Å². The van der Waals surface area contributed by atoms with Crippen LogP contribution in [0.5, 0.6) is 0 Å². The summed E-state index contributed by atoms with van der Waals surface area (Å²) in [6.45, 7) is 6.08. The number of nitrogens with one attached hydrogen (secondary N) is 1. The molecule has 0 spiro atoms. The number of nitrogens with zero attached hydrogens (tertiary/aromatic N) is 4. The smallest absolute Gasteiger partial charge is 0.223 e. The summed E-state index contributed by atoms with van der Waals surface area (Å²) in [5, 5.41) is 11.9. The van der Waals surface area contributed by atoms with E-state index in [0.29, 0.717) is 11.6 Å². The van der Waals surface area contributed by atoms with Crippen LogP contribution in [0.2, 0.25) is 0 Å². The van der Waals surface area contributed by atoms with Crippen LogP contribution in [-0.4, -0.2) is 42.1 Å².